The van der Waals surface area contributed by atoms with Gasteiger partial charge < -0.3 is 9.32 Å². The standard InChI is InChI=1S/C28H24N4O2/c1-19-16-22(31-14-6-7-15-31)13-12-21(19)18-29-32-27(26-17-20-8-2-5-11-25(20)34-26)30-24-10-4-3-9-23(24)28(32)33/h2-5,8-13,16-18H,6-7,14-15H2,1H3. The molecule has 1 fully saturated rings. The summed E-state index contributed by atoms with van der Waals surface area (Å²) in [4.78, 5) is 20.6. The summed E-state index contributed by atoms with van der Waals surface area (Å²) in [6.45, 7) is 4.28. The normalized spacial score (nSPS) is 14.1. The molecule has 0 aliphatic carbocycles. The lowest BCUT2D eigenvalue weighted by Gasteiger charge is -2.18. The maximum atomic E-state index is 13.4. The van der Waals surface area contributed by atoms with Gasteiger partial charge in [-0.05, 0) is 67.3 Å². The Hall–Kier alpha value is -4.19. The third kappa shape index (κ3) is 3.57. The molecule has 0 amide bonds. The van der Waals surface area contributed by atoms with Crippen LogP contribution in [0.4, 0.5) is 5.69 Å². The summed E-state index contributed by atoms with van der Waals surface area (Å²) in [6.07, 6.45) is 4.21. The lowest BCUT2D eigenvalue weighted by atomic mass is 10.1. The number of aromatic nitrogens is 2. The largest absolute Gasteiger partial charge is 0.453 e. The highest BCUT2D eigenvalue weighted by Crippen LogP contribution is 2.27. The molecule has 5 aromatic rings. The minimum atomic E-state index is -0.233. The molecule has 6 heteroatoms. The number of benzene rings is 3. The molecule has 1 saturated heterocycles. The van der Waals surface area contributed by atoms with Crippen molar-refractivity contribution in [3.8, 4) is 11.6 Å². The summed E-state index contributed by atoms with van der Waals surface area (Å²) >= 11 is 0. The molecular weight excluding hydrogens is 424 g/mol. The molecular formula is C28H24N4O2. The van der Waals surface area contributed by atoms with E-state index < -0.39 is 0 Å². The van der Waals surface area contributed by atoms with Crippen molar-refractivity contribution in [2.75, 3.05) is 18.0 Å². The third-order valence-electron chi connectivity index (χ3n) is 6.44. The van der Waals surface area contributed by atoms with Crippen LogP contribution in [0.5, 0.6) is 0 Å². The Bertz CT molecular complexity index is 1570. The van der Waals surface area contributed by atoms with Crippen LogP contribution in [0.1, 0.15) is 24.0 Å². The summed E-state index contributed by atoms with van der Waals surface area (Å²) in [5.74, 6) is 0.879. The van der Waals surface area contributed by atoms with E-state index >= 15 is 0 Å². The van der Waals surface area contributed by atoms with E-state index in [-0.39, 0.29) is 5.56 Å². The molecule has 3 aromatic carbocycles. The molecule has 0 saturated carbocycles. The second-order valence-corrected chi connectivity index (χ2v) is 8.70. The van der Waals surface area contributed by atoms with Crippen LogP contribution in [0, 0.1) is 6.92 Å². The molecule has 0 radical (unpaired) electrons. The predicted octanol–water partition coefficient (Wildman–Crippen LogP) is 5.60. The Balaban J connectivity index is 1.47. The lowest BCUT2D eigenvalue weighted by molar-refractivity contribution is 0.616. The summed E-state index contributed by atoms with van der Waals surface area (Å²) in [7, 11) is 0. The second-order valence-electron chi connectivity index (χ2n) is 8.70. The van der Waals surface area contributed by atoms with Crippen molar-refractivity contribution >= 4 is 33.8 Å². The van der Waals surface area contributed by atoms with E-state index in [2.05, 4.69) is 35.1 Å². The first-order chi connectivity index (χ1) is 16.7. The van der Waals surface area contributed by atoms with Gasteiger partial charge in [-0.15, -0.1) is 0 Å². The van der Waals surface area contributed by atoms with Gasteiger partial charge in [0.05, 0.1) is 17.1 Å². The Morgan fingerprint density at radius 2 is 1.76 bits per heavy atom. The van der Waals surface area contributed by atoms with Crippen LogP contribution in [0.2, 0.25) is 0 Å². The highest BCUT2D eigenvalue weighted by molar-refractivity contribution is 5.85. The first-order valence-electron chi connectivity index (χ1n) is 11.6. The fraction of sp³-hybridized carbons (Fsp3) is 0.179. The molecule has 1 aliphatic rings. The number of hydrogen-bond donors (Lipinski definition) is 0. The summed E-state index contributed by atoms with van der Waals surface area (Å²) in [5, 5.41) is 6.07. The predicted molar refractivity (Wildman–Crippen MR) is 137 cm³/mol. The van der Waals surface area contributed by atoms with Crippen molar-refractivity contribution in [3.63, 3.8) is 0 Å². The first-order valence-corrected chi connectivity index (χ1v) is 11.6. The van der Waals surface area contributed by atoms with Gasteiger partial charge in [0.2, 0.25) is 5.82 Å². The molecule has 1 aliphatic heterocycles. The molecule has 6 rings (SSSR count). The zero-order chi connectivity index (χ0) is 23.1. The van der Waals surface area contributed by atoms with E-state index in [1.54, 1.807) is 12.3 Å². The number of furan rings is 1. The van der Waals surface area contributed by atoms with Gasteiger partial charge in [0.15, 0.2) is 5.76 Å². The van der Waals surface area contributed by atoms with Crippen LogP contribution in [0.15, 0.2) is 87.1 Å². The quantitative estimate of drug-likeness (QED) is 0.336. The monoisotopic (exact) mass is 448 g/mol. The summed E-state index contributed by atoms with van der Waals surface area (Å²) in [6, 6.07) is 23.3. The molecule has 6 nitrogen and oxygen atoms in total. The summed E-state index contributed by atoms with van der Waals surface area (Å²) < 4.78 is 7.39. The molecule has 0 unspecified atom stereocenters. The average molecular weight is 449 g/mol. The minimum Gasteiger partial charge on any atom is -0.453 e. The van der Waals surface area contributed by atoms with Crippen molar-refractivity contribution in [1.82, 2.24) is 9.66 Å². The van der Waals surface area contributed by atoms with E-state index in [1.165, 1.54) is 23.2 Å². The molecule has 168 valence electrons. The average Bonchev–Trinajstić information content (AvgIpc) is 3.54. The number of fused-ring (bicyclic) bond motifs is 2. The van der Waals surface area contributed by atoms with E-state index in [0.717, 1.165) is 35.2 Å². The van der Waals surface area contributed by atoms with Gasteiger partial charge in [-0.2, -0.15) is 9.78 Å². The molecule has 3 heterocycles. The number of para-hydroxylation sites is 2. The molecule has 2 aromatic heterocycles. The molecule has 34 heavy (non-hydrogen) atoms. The van der Waals surface area contributed by atoms with Crippen LogP contribution in [-0.4, -0.2) is 29.0 Å². The van der Waals surface area contributed by atoms with Crippen molar-refractivity contribution in [2.45, 2.75) is 19.8 Å². The van der Waals surface area contributed by atoms with Crippen molar-refractivity contribution in [2.24, 2.45) is 5.10 Å². The fourth-order valence-corrected chi connectivity index (χ4v) is 4.58. The topological polar surface area (TPSA) is 63.6 Å². The molecule has 0 atom stereocenters. The minimum absolute atomic E-state index is 0.233. The van der Waals surface area contributed by atoms with Gasteiger partial charge in [0, 0.05) is 24.2 Å². The van der Waals surface area contributed by atoms with Gasteiger partial charge in [0.1, 0.15) is 5.58 Å². The van der Waals surface area contributed by atoms with Crippen LogP contribution in [-0.2, 0) is 0 Å². The Labute approximate surface area is 196 Å². The maximum absolute atomic E-state index is 13.4. The zero-order valence-electron chi connectivity index (χ0n) is 18.9. The van der Waals surface area contributed by atoms with Crippen molar-refractivity contribution in [3.05, 3.63) is 94.3 Å². The Morgan fingerprint density at radius 1 is 0.971 bits per heavy atom. The number of nitrogens with zero attached hydrogens (tertiary/aromatic N) is 4. The van der Waals surface area contributed by atoms with E-state index in [0.29, 0.717) is 22.5 Å². The lowest BCUT2D eigenvalue weighted by Crippen LogP contribution is -2.20. The van der Waals surface area contributed by atoms with Gasteiger partial charge in [-0.25, -0.2) is 4.98 Å². The SMILES string of the molecule is Cc1cc(N2CCCC2)ccc1C=Nn1c(-c2cc3ccccc3o2)nc2ccccc2c1=O. The number of aryl methyl sites for hydroxylation is 1. The maximum Gasteiger partial charge on any atom is 0.282 e. The number of anilines is 1. The molecule has 0 bridgehead atoms. The zero-order valence-corrected chi connectivity index (χ0v) is 18.9. The fourth-order valence-electron chi connectivity index (χ4n) is 4.58. The highest BCUT2D eigenvalue weighted by atomic mass is 16.3. The van der Waals surface area contributed by atoms with Gasteiger partial charge in [0.25, 0.3) is 5.56 Å². The van der Waals surface area contributed by atoms with E-state index in [4.69, 9.17) is 9.40 Å². The first kappa shape index (κ1) is 20.4. The number of hydrogen-bond acceptors (Lipinski definition) is 5. The van der Waals surface area contributed by atoms with Gasteiger partial charge in [-0.3, -0.25) is 4.79 Å². The molecule has 0 N–H and O–H groups in total. The van der Waals surface area contributed by atoms with Gasteiger partial charge in [-0.1, -0.05) is 36.4 Å². The Morgan fingerprint density at radius 3 is 2.59 bits per heavy atom. The highest BCUT2D eigenvalue weighted by Gasteiger charge is 2.17. The van der Waals surface area contributed by atoms with E-state index in [1.807, 2.05) is 48.5 Å². The Kier molecular flexibility index (Phi) is 4.99. The molecule has 0 spiro atoms. The second kappa shape index (κ2) is 8.30. The van der Waals surface area contributed by atoms with Crippen LogP contribution < -0.4 is 10.5 Å². The summed E-state index contributed by atoms with van der Waals surface area (Å²) in [5.41, 5.74) is 4.42. The van der Waals surface area contributed by atoms with Crippen molar-refractivity contribution in [1.29, 1.82) is 0 Å². The van der Waals surface area contributed by atoms with Crippen LogP contribution in [0.3, 0.4) is 0 Å². The third-order valence-corrected chi connectivity index (χ3v) is 6.44. The van der Waals surface area contributed by atoms with Gasteiger partial charge >= 0.3 is 0 Å². The van der Waals surface area contributed by atoms with Crippen LogP contribution in [0.25, 0.3) is 33.5 Å². The van der Waals surface area contributed by atoms with Crippen molar-refractivity contribution < 1.29 is 4.42 Å². The smallest absolute Gasteiger partial charge is 0.282 e. The van der Waals surface area contributed by atoms with Crippen LogP contribution >= 0.6 is 0 Å². The van der Waals surface area contributed by atoms with E-state index in [9.17, 15) is 4.79 Å². The number of rotatable bonds is 4.